The monoisotopic (exact) mass is 435 g/mol. The zero-order valence-corrected chi connectivity index (χ0v) is 17.4. The summed E-state index contributed by atoms with van der Waals surface area (Å²) in [7, 11) is 3.72. The molecule has 4 rings (SSSR count). The molecule has 9 heteroatoms. The summed E-state index contributed by atoms with van der Waals surface area (Å²) in [5, 5.41) is 0. The third-order valence-electron chi connectivity index (χ3n) is 5.81. The molecule has 0 N–H and O–H groups in total. The van der Waals surface area contributed by atoms with Crippen molar-refractivity contribution in [2.75, 3.05) is 33.7 Å². The molecule has 1 amide bonds. The second kappa shape index (κ2) is 8.03. The molecule has 0 aliphatic carbocycles. The molecule has 0 saturated carbocycles. The Hall–Kier alpha value is -2.81. The van der Waals surface area contributed by atoms with Gasteiger partial charge in [-0.05, 0) is 56.3 Å². The number of carbonyl (C=O) groups excluding carboxylic acids is 1. The molecule has 6 nitrogen and oxygen atoms in total. The quantitative estimate of drug-likeness (QED) is 0.741. The molecular formula is C22H24F3N3O3. The van der Waals surface area contributed by atoms with E-state index in [4.69, 9.17) is 0 Å². The zero-order chi connectivity index (χ0) is 22.3. The van der Waals surface area contributed by atoms with Crippen LogP contribution in [0.2, 0.25) is 0 Å². The average molecular weight is 435 g/mol. The first-order valence-corrected chi connectivity index (χ1v) is 10.1. The van der Waals surface area contributed by atoms with E-state index in [0.29, 0.717) is 37.3 Å². The molecule has 166 valence electrons. The lowest BCUT2D eigenvalue weighted by Gasteiger charge is -2.43. The minimum atomic E-state index is -4.76. The van der Waals surface area contributed by atoms with E-state index in [0.717, 1.165) is 12.1 Å². The second-order valence-electron chi connectivity index (χ2n) is 8.49. The van der Waals surface area contributed by atoms with Gasteiger partial charge in [0.1, 0.15) is 5.75 Å². The minimum Gasteiger partial charge on any atom is -0.406 e. The highest BCUT2D eigenvalue weighted by Crippen LogP contribution is 2.36. The lowest BCUT2D eigenvalue weighted by molar-refractivity contribution is -0.274. The smallest absolute Gasteiger partial charge is 0.406 e. The van der Waals surface area contributed by atoms with Crippen LogP contribution in [0.15, 0.2) is 41.2 Å². The number of rotatable bonds is 4. The van der Waals surface area contributed by atoms with E-state index >= 15 is 0 Å². The third-order valence-corrected chi connectivity index (χ3v) is 5.81. The summed E-state index contributed by atoms with van der Waals surface area (Å²) in [6.07, 6.45) is -3.82. The van der Waals surface area contributed by atoms with E-state index in [1.165, 1.54) is 24.3 Å². The topological polar surface area (TPSA) is 54.8 Å². The van der Waals surface area contributed by atoms with E-state index in [1.807, 2.05) is 30.0 Å². The normalized spacial score (nSPS) is 20.5. The van der Waals surface area contributed by atoms with Crippen LogP contribution in [0.1, 0.15) is 18.0 Å². The van der Waals surface area contributed by atoms with E-state index in [9.17, 15) is 22.8 Å². The van der Waals surface area contributed by atoms with Crippen LogP contribution in [0.25, 0.3) is 11.1 Å². The summed E-state index contributed by atoms with van der Waals surface area (Å²) in [4.78, 5) is 29.4. The highest BCUT2D eigenvalue weighted by molar-refractivity contribution is 5.78. The number of likely N-dealkylation sites (N-methyl/N-ethyl adjacent to an activating group) is 1. The van der Waals surface area contributed by atoms with E-state index < -0.39 is 6.36 Å². The van der Waals surface area contributed by atoms with Gasteiger partial charge in [-0.1, -0.05) is 12.1 Å². The highest BCUT2D eigenvalue weighted by atomic mass is 19.4. The van der Waals surface area contributed by atoms with E-state index in [2.05, 4.69) is 4.74 Å². The van der Waals surface area contributed by atoms with Crippen LogP contribution in [-0.2, 0) is 11.3 Å². The number of hydrogen-bond donors (Lipinski definition) is 0. The number of carbonyl (C=O) groups is 1. The number of hydrogen-bond acceptors (Lipinski definition) is 4. The summed E-state index contributed by atoms with van der Waals surface area (Å²) in [6, 6.07) is 8.93. The van der Waals surface area contributed by atoms with Gasteiger partial charge in [-0.25, -0.2) is 0 Å². The van der Waals surface area contributed by atoms with Crippen LogP contribution >= 0.6 is 0 Å². The van der Waals surface area contributed by atoms with E-state index in [1.54, 1.807) is 10.6 Å². The largest absolute Gasteiger partial charge is 0.573 e. The first kappa shape index (κ1) is 21.4. The molecule has 2 aliphatic rings. The Balaban J connectivity index is 1.58. The molecule has 1 aromatic heterocycles. The molecule has 31 heavy (non-hydrogen) atoms. The molecule has 2 aliphatic heterocycles. The molecule has 2 bridgehead atoms. The number of alkyl halides is 3. The number of ether oxygens (including phenoxy) is 1. The van der Waals surface area contributed by atoms with Crippen LogP contribution in [0, 0.1) is 5.92 Å². The molecule has 2 atom stereocenters. The number of aromatic nitrogens is 1. The number of piperidine rings is 1. The lowest BCUT2D eigenvalue weighted by Crippen LogP contribution is -2.51. The van der Waals surface area contributed by atoms with Crippen molar-refractivity contribution >= 4 is 5.91 Å². The van der Waals surface area contributed by atoms with Gasteiger partial charge in [0.15, 0.2) is 0 Å². The summed E-state index contributed by atoms with van der Waals surface area (Å²) in [6.45, 7) is 2.10. The summed E-state index contributed by atoms with van der Waals surface area (Å²) < 4.78 is 42.8. The van der Waals surface area contributed by atoms with E-state index in [-0.39, 0.29) is 29.1 Å². The number of halogens is 3. The lowest BCUT2D eigenvalue weighted by atomic mass is 9.82. The number of likely N-dealkylation sites (tertiary alicyclic amines) is 1. The summed E-state index contributed by atoms with van der Waals surface area (Å²) >= 11 is 0. The van der Waals surface area contributed by atoms with Gasteiger partial charge >= 0.3 is 6.36 Å². The van der Waals surface area contributed by atoms with Gasteiger partial charge in [0, 0.05) is 36.8 Å². The van der Waals surface area contributed by atoms with Gasteiger partial charge in [-0.2, -0.15) is 0 Å². The first-order chi connectivity index (χ1) is 14.6. The maximum absolute atomic E-state index is 13.2. The van der Waals surface area contributed by atoms with Crippen LogP contribution in [0.3, 0.4) is 0 Å². The van der Waals surface area contributed by atoms with Gasteiger partial charge in [0.2, 0.25) is 5.91 Å². The van der Waals surface area contributed by atoms with Crippen LogP contribution < -0.4 is 10.3 Å². The Kier molecular flexibility index (Phi) is 5.55. The Bertz CT molecular complexity index is 1030. The molecule has 3 heterocycles. The predicted molar refractivity (Wildman–Crippen MR) is 109 cm³/mol. The number of benzene rings is 1. The fraction of sp³-hybridized carbons (Fsp3) is 0.455. The molecule has 0 radical (unpaired) electrons. The molecule has 0 spiro atoms. The Labute approximate surface area is 177 Å². The van der Waals surface area contributed by atoms with Crippen molar-refractivity contribution in [2.45, 2.75) is 25.2 Å². The summed E-state index contributed by atoms with van der Waals surface area (Å²) in [5.74, 6) is 0.0652. The van der Waals surface area contributed by atoms with Gasteiger partial charge in [0.05, 0.1) is 6.54 Å². The average Bonchev–Trinajstić information content (AvgIpc) is 2.68. The number of fused-ring (bicyclic) bond motifs is 4. The van der Waals surface area contributed by atoms with Crippen molar-refractivity contribution in [1.29, 1.82) is 0 Å². The van der Waals surface area contributed by atoms with Crippen molar-refractivity contribution in [2.24, 2.45) is 5.92 Å². The molecule has 2 aromatic rings. The Morgan fingerprint density at radius 1 is 1.10 bits per heavy atom. The molecule has 1 aromatic carbocycles. The number of amides is 1. The zero-order valence-electron chi connectivity index (χ0n) is 17.4. The third kappa shape index (κ3) is 4.61. The maximum atomic E-state index is 13.2. The highest BCUT2D eigenvalue weighted by Gasteiger charge is 2.36. The van der Waals surface area contributed by atoms with Crippen molar-refractivity contribution in [3.8, 4) is 16.9 Å². The van der Waals surface area contributed by atoms with Crippen molar-refractivity contribution in [3.63, 3.8) is 0 Å². The molecule has 1 fully saturated rings. The van der Waals surface area contributed by atoms with Gasteiger partial charge in [0.25, 0.3) is 5.56 Å². The molecular weight excluding hydrogens is 411 g/mol. The molecule has 1 saturated heterocycles. The second-order valence-corrected chi connectivity index (χ2v) is 8.49. The number of nitrogens with zero attached hydrogens (tertiary/aromatic N) is 3. The SMILES string of the molecule is CN(C)CC(=O)N1C[C@@H]2C[C@H](C1)c1ccc(-c3ccc(OC(F)(F)F)cc3)c(=O)n1C2. The standard InChI is InChI=1S/C22H24F3N3O3/c1-26(2)13-20(29)27-10-14-9-16(12-27)19-8-7-18(21(30)28(19)11-14)15-3-5-17(6-4-15)31-22(23,24)25/h3-8,14,16H,9-13H2,1-2H3/t14-,16+/m0/s1. The van der Waals surface area contributed by atoms with Crippen molar-refractivity contribution < 1.29 is 22.7 Å². The fourth-order valence-electron chi connectivity index (χ4n) is 4.58. The van der Waals surface area contributed by atoms with Gasteiger partial charge in [-0.15, -0.1) is 13.2 Å². The van der Waals surface area contributed by atoms with Crippen LogP contribution in [0.4, 0.5) is 13.2 Å². The Morgan fingerprint density at radius 2 is 1.81 bits per heavy atom. The first-order valence-electron chi connectivity index (χ1n) is 10.1. The van der Waals surface area contributed by atoms with Crippen molar-refractivity contribution in [3.05, 3.63) is 52.4 Å². The minimum absolute atomic E-state index is 0.0910. The fourth-order valence-corrected chi connectivity index (χ4v) is 4.58. The summed E-state index contributed by atoms with van der Waals surface area (Å²) in [5.41, 5.74) is 1.71. The van der Waals surface area contributed by atoms with Gasteiger partial charge < -0.3 is 19.1 Å². The maximum Gasteiger partial charge on any atom is 0.573 e. The van der Waals surface area contributed by atoms with Crippen molar-refractivity contribution in [1.82, 2.24) is 14.4 Å². The molecule has 0 unspecified atom stereocenters. The van der Waals surface area contributed by atoms with Crippen LogP contribution in [0.5, 0.6) is 5.75 Å². The number of pyridine rings is 1. The predicted octanol–water partition coefficient (Wildman–Crippen LogP) is 2.92. The van der Waals surface area contributed by atoms with Crippen LogP contribution in [-0.4, -0.2) is 60.4 Å². The van der Waals surface area contributed by atoms with Gasteiger partial charge in [-0.3, -0.25) is 9.59 Å². The Morgan fingerprint density at radius 3 is 2.45 bits per heavy atom.